The molecule has 12 heavy (non-hydrogen) atoms. The van der Waals surface area contributed by atoms with Crippen LogP contribution in [0.3, 0.4) is 0 Å². The van der Waals surface area contributed by atoms with Crippen molar-refractivity contribution in [2.45, 2.75) is 39.7 Å². The Morgan fingerprint density at radius 1 is 1.50 bits per heavy atom. The van der Waals surface area contributed by atoms with E-state index >= 15 is 0 Å². The minimum absolute atomic E-state index is 0.597. The second kappa shape index (κ2) is 6.38. The van der Waals surface area contributed by atoms with E-state index in [4.69, 9.17) is 18.0 Å². The highest BCUT2D eigenvalue weighted by atomic mass is 32.1. The van der Waals surface area contributed by atoms with Crippen LogP contribution in [-0.4, -0.2) is 29.0 Å². The lowest BCUT2D eigenvalue weighted by Gasteiger charge is -2.26. The van der Waals surface area contributed by atoms with E-state index in [1.807, 2.05) is 0 Å². The molecule has 0 saturated carbocycles. The molecular weight excluding hydrogens is 168 g/mol. The smallest absolute Gasteiger partial charge is 0.0870 e. The summed E-state index contributed by atoms with van der Waals surface area (Å²) in [4.78, 5) is 2.91. The van der Waals surface area contributed by atoms with Crippen molar-refractivity contribution in [3.63, 3.8) is 0 Å². The Morgan fingerprint density at radius 3 is 2.42 bits per heavy atom. The minimum atomic E-state index is 0.597. The largest absolute Gasteiger partial charge is 0.392 e. The number of thiocarbonyl (C=S) groups is 1. The average molecular weight is 188 g/mol. The fraction of sp³-hybridized carbons (Fsp3) is 0.889. The van der Waals surface area contributed by atoms with E-state index in [0.717, 1.165) is 13.1 Å². The van der Waals surface area contributed by atoms with E-state index in [0.29, 0.717) is 11.0 Å². The molecule has 2 nitrogen and oxygen atoms in total. The molecule has 1 atom stereocenters. The molecule has 0 saturated heterocycles. The third-order valence-corrected chi connectivity index (χ3v) is 2.22. The van der Waals surface area contributed by atoms with Gasteiger partial charge in [-0.3, -0.25) is 4.90 Å². The van der Waals surface area contributed by atoms with Gasteiger partial charge in [-0.1, -0.05) is 32.5 Å². The van der Waals surface area contributed by atoms with Gasteiger partial charge in [0, 0.05) is 12.6 Å². The first-order valence-corrected chi connectivity index (χ1v) is 5.05. The van der Waals surface area contributed by atoms with Crippen LogP contribution in [0.25, 0.3) is 0 Å². The zero-order valence-corrected chi connectivity index (χ0v) is 9.16. The van der Waals surface area contributed by atoms with Gasteiger partial charge in [-0.15, -0.1) is 0 Å². The predicted molar refractivity (Wildman–Crippen MR) is 58.4 cm³/mol. The lowest BCUT2D eigenvalue weighted by Crippen LogP contribution is -2.38. The topological polar surface area (TPSA) is 29.3 Å². The Morgan fingerprint density at radius 2 is 2.08 bits per heavy atom. The molecule has 0 fully saturated rings. The van der Waals surface area contributed by atoms with Gasteiger partial charge in [0.15, 0.2) is 0 Å². The molecule has 1 unspecified atom stereocenters. The lowest BCUT2D eigenvalue weighted by atomic mass is 10.1. The van der Waals surface area contributed by atoms with Crippen molar-refractivity contribution in [1.82, 2.24) is 4.90 Å². The van der Waals surface area contributed by atoms with Crippen molar-refractivity contribution in [3.05, 3.63) is 0 Å². The van der Waals surface area contributed by atoms with Crippen molar-refractivity contribution in [1.29, 1.82) is 0 Å². The van der Waals surface area contributed by atoms with Gasteiger partial charge in [0.05, 0.1) is 4.99 Å². The molecule has 72 valence electrons. The normalized spacial score (nSPS) is 13.3. The summed E-state index contributed by atoms with van der Waals surface area (Å²) in [5.41, 5.74) is 5.49. The third-order valence-electron chi connectivity index (χ3n) is 2.09. The number of nitrogens with two attached hydrogens (primary N) is 1. The van der Waals surface area contributed by atoms with Gasteiger partial charge in [0.1, 0.15) is 0 Å². The number of nitrogens with zero attached hydrogens (tertiary/aromatic N) is 1. The van der Waals surface area contributed by atoms with Crippen LogP contribution in [0.15, 0.2) is 0 Å². The molecule has 0 aromatic heterocycles. The van der Waals surface area contributed by atoms with Crippen LogP contribution < -0.4 is 5.73 Å². The van der Waals surface area contributed by atoms with Gasteiger partial charge in [-0.25, -0.2) is 0 Å². The highest BCUT2D eigenvalue weighted by Crippen LogP contribution is 2.05. The van der Waals surface area contributed by atoms with Crippen molar-refractivity contribution in [2.24, 2.45) is 5.73 Å². The molecule has 0 amide bonds. The van der Waals surface area contributed by atoms with Crippen molar-refractivity contribution in [3.8, 4) is 0 Å². The summed E-state index contributed by atoms with van der Waals surface area (Å²) in [6.07, 6.45) is 2.44. The molecule has 0 aliphatic heterocycles. The Kier molecular flexibility index (Phi) is 6.30. The van der Waals surface area contributed by atoms with Crippen molar-refractivity contribution < 1.29 is 0 Å². The summed E-state index contributed by atoms with van der Waals surface area (Å²) in [5.74, 6) is 0. The second-order valence-corrected chi connectivity index (χ2v) is 3.69. The first kappa shape index (κ1) is 11.8. The molecule has 0 bridgehead atoms. The van der Waals surface area contributed by atoms with Crippen LogP contribution in [0.1, 0.15) is 33.6 Å². The summed E-state index contributed by atoms with van der Waals surface area (Å²) in [7, 11) is 0. The van der Waals surface area contributed by atoms with Crippen LogP contribution in [0.4, 0.5) is 0 Å². The van der Waals surface area contributed by atoms with Gasteiger partial charge < -0.3 is 5.73 Å². The van der Waals surface area contributed by atoms with E-state index in [2.05, 4.69) is 25.7 Å². The van der Waals surface area contributed by atoms with Crippen LogP contribution in [0.2, 0.25) is 0 Å². The molecule has 0 aliphatic carbocycles. The van der Waals surface area contributed by atoms with E-state index < -0.39 is 0 Å². The molecule has 0 spiro atoms. The fourth-order valence-electron chi connectivity index (χ4n) is 1.38. The molecule has 2 N–H and O–H groups in total. The quantitative estimate of drug-likeness (QED) is 0.644. The summed E-state index contributed by atoms with van der Waals surface area (Å²) in [5, 5.41) is 0. The van der Waals surface area contributed by atoms with E-state index in [9.17, 15) is 0 Å². The van der Waals surface area contributed by atoms with Crippen LogP contribution in [0, 0.1) is 0 Å². The van der Waals surface area contributed by atoms with Gasteiger partial charge in [-0.05, 0) is 19.9 Å². The molecule has 0 aromatic carbocycles. The van der Waals surface area contributed by atoms with Crippen molar-refractivity contribution >= 4 is 17.2 Å². The van der Waals surface area contributed by atoms with Crippen LogP contribution >= 0.6 is 12.2 Å². The Balaban J connectivity index is 3.86. The molecule has 0 heterocycles. The highest BCUT2D eigenvalue weighted by molar-refractivity contribution is 7.80. The number of likely N-dealkylation sites (N-methyl/N-ethyl adjacent to an activating group) is 1. The molecule has 3 heteroatoms. The van der Waals surface area contributed by atoms with E-state index in [-0.39, 0.29) is 0 Å². The first-order chi connectivity index (χ1) is 5.61. The number of rotatable bonds is 6. The summed E-state index contributed by atoms with van der Waals surface area (Å²) in [6, 6.07) is 0.599. The molecular formula is C9H20N2S. The van der Waals surface area contributed by atoms with Crippen LogP contribution in [-0.2, 0) is 0 Å². The first-order valence-electron chi connectivity index (χ1n) is 4.64. The standard InChI is InChI=1S/C9H20N2S/c1-4-6-8(3)11(5-2)7-9(10)12/h8H,4-7H2,1-3H3,(H2,10,12). The SMILES string of the molecule is CCCC(C)N(CC)CC(N)=S. The van der Waals surface area contributed by atoms with Crippen molar-refractivity contribution in [2.75, 3.05) is 13.1 Å². The number of hydrogen-bond donors (Lipinski definition) is 1. The highest BCUT2D eigenvalue weighted by Gasteiger charge is 2.10. The van der Waals surface area contributed by atoms with Crippen LogP contribution in [0.5, 0.6) is 0 Å². The Hall–Kier alpha value is -0.150. The summed E-state index contributed by atoms with van der Waals surface area (Å²) in [6.45, 7) is 8.35. The monoisotopic (exact) mass is 188 g/mol. The van der Waals surface area contributed by atoms with Gasteiger partial charge >= 0.3 is 0 Å². The Labute approximate surface area is 81.1 Å². The molecule has 0 aromatic rings. The lowest BCUT2D eigenvalue weighted by molar-refractivity contribution is 0.239. The zero-order valence-electron chi connectivity index (χ0n) is 8.34. The Bertz CT molecular complexity index is 136. The summed E-state index contributed by atoms with van der Waals surface area (Å²) < 4.78 is 0. The van der Waals surface area contributed by atoms with Gasteiger partial charge in [-0.2, -0.15) is 0 Å². The van der Waals surface area contributed by atoms with E-state index in [1.54, 1.807) is 0 Å². The summed E-state index contributed by atoms with van der Waals surface area (Å²) >= 11 is 4.88. The number of hydrogen-bond acceptors (Lipinski definition) is 2. The third kappa shape index (κ3) is 4.67. The molecule has 0 aliphatic rings. The second-order valence-electron chi connectivity index (χ2n) is 3.17. The maximum Gasteiger partial charge on any atom is 0.0870 e. The van der Waals surface area contributed by atoms with Gasteiger partial charge in [0.2, 0.25) is 0 Å². The maximum atomic E-state index is 5.49. The zero-order chi connectivity index (χ0) is 9.56. The van der Waals surface area contributed by atoms with E-state index in [1.165, 1.54) is 12.8 Å². The minimum Gasteiger partial charge on any atom is -0.392 e. The molecule has 0 radical (unpaired) electrons. The maximum absolute atomic E-state index is 5.49. The molecule has 0 rings (SSSR count). The fourth-order valence-corrected chi connectivity index (χ4v) is 1.55. The van der Waals surface area contributed by atoms with Gasteiger partial charge in [0.25, 0.3) is 0 Å². The predicted octanol–water partition coefficient (Wildman–Crippen LogP) is 1.78. The average Bonchev–Trinajstić information content (AvgIpc) is 2.00.